The third-order valence-electron chi connectivity index (χ3n) is 6.06. The molecule has 0 spiro atoms. The predicted molar refractivity (Wildman–Crippen MR) is 106 cm³/mol. The molecule has 3 aliphatic rings. The second kappa shape index (κ2) is 7.61. The second-order valence-electron chi connectivity index (χ2n) is 7.47. The van der Waals surface area contributed by atoms with Crippen LogP contribution in [0.2, 0.25) is 0 Å². The third-order valence-corrected chi connectivity index (χ3v) is 7.01. The van der Waals surface area contributed by atoms with Crippen molar-refractivity contribution in [3.63, 3.8) is 0 Å². The summed E-state index contributed by atoms with van der Waals surface area (Å²) in [7, 11) is 1.80. The van der Waals surface area contributed by atoms with E-state index in [-0.39, 0.29) is 24.2 Å². The number of nitrogens with zero attached hydrogens (tertiary/aromatic N) is 3. The Kier molecular flexibility index (Phi) is 5.23. The van der Waals surface area contributed by atoms with Crippen molar-refractivity contribution in [1.82, 2.24) is 9.80 Å². The molecule has 1 atom stereocenters. The smallest absolute Gasteiger partial charge is 0.230 e. The van der Waals surface area contributed by atoms with Gasteiger partial charge >= 0.3 is 0 Å². The number of piperidine rings is 1. The van der Waals surface area contributed by atoms with Crippen molar-refractivity contribution in [2.24, 2.45) is 0 Å². The molecule has 0 radical (unpaired) electrons. The van der Waals surface area contributed by atoms with E-state index < -0.39 is 0 Å². The van der Waals surface area contributed by atoms with Gasteiger partial charge in [0, 0.05) is 62.9 Å². The standard InChI is InChI=1S/C20H27N3O2S/c1-21-18-5-3-2-4-16(18)17(14-19(21)24)20(25)23-8-6-15(7-9-23)22-10-12-26-13-11-22/h2-5,15,17H,6-14H2,1H3. The highest BCUT2D eigenvalue weighted by molar-refractivity contribution is 7.99. The molecule has 5 nitrogen and oxygen atoms in total. The lowest BCUT2D eigenvalue weighted by Crippen LogP contribution is -2.50. The summed E-state index contributed by atoms with van der Waals surface area (Å²) in [6.45, 7) is 3.99. The summed E-state index contributed by atoms with van der Waals surface area (Å²) < 4.78 is 0. The van der Waals surface area contributed by atoms with Crippen molar-refractivity contribution in [1.29, 1.82) is 0 Å². The molecule has 0 saturated carbocycles. The van der Waals surface area contributed by atoms with Gasteiger partial charge in [0.25, 0.3) is 0 Å². The monoisotopic (exact) mass is 373 g/mol. The zero-order chi connectivity index (χ0) is 18.1. The minimum Gasteiger partial charge on any atom is -0.342 e. The lowest BCUT2D eigenvalue weighted by atomic mass is 9.87. The number of anilines is 1. The number of rotatable bonds is 2. The first-order valence-corrected chi connectivity index (χ1v) is 10.8. The average molecular weight is 374 g/mol. The van der Waals surface area contributed by atoms with E-state index in [1.807, 2.05) is 40.9 Å². The van der Waals surface area contributed by atoms with Crippen LogP contribution in [-0.4, -0.2) is 72.4 Å². The maximum Gasteiger partial charge on any atom is 0.230 e. The van der Waals surface area contributed by atoms with Gasteiger partial charge in [0.05, 0.1) is 5.92 Å². The molecular formula is C20H27N3O2S. The molecule has 2 fully saturated rings. The summed E-state index contributed by atoms with van der Waals surface area (Å²) in [5.41, 5.74) is 1.87. The van der Waals surface area contributed by atoms with Crippen molar-refractivity contribution in [2.75, 3.05) is 49.6 Å². The minimum atomic E-state index is -0.321. The first-order chi connectivity index (χ1) is 12.6. The van der Waals surface area contributed by atoms with Gasteiger partial charge in [0.1, 0.15) is 0 Å². The number of hydrogen-bond donors (Lipinski definition) is 0. The summed E-state index contributed by atoms with van der Waals surface area (Å²) >= 11 is 2.04. The fraction of sp³-hybridized carbons (Fsp3) is 0.600. The SMILES string of the molecule is CN1C(=O)CC(C(=O)N2CCC(N3CCSCC3)CC2)c2ccccc21. The molecule has 1 aromatic carbocycles. The Morgan fingerprint density at radius 3 is 2.50 bits per heavy atom. The van der Waals surface area contributed by atoms with Gasteiger partial charge in [0.15, 0.2) is 0 Å². The number of fused-ring (bicyclic) bond motifs is 1. The van der Waals surface area contributed by atoms with Crippen molar-refractivity contribution >= 4 is 29.3 Å². The van der Waals surface area contributed by atoms with Gasteiger partial charge in [-0.2, -0.15) is 11.8 Å². The molecule has 0 N–H and O–H groups in total. The van der Waals surface area contributed by atoms with E-state index in [9.17, 15) is 9.59 Å². The summed E-state index contributed by atoms with van der Waals surface area (Å²) in [6, 6.07) is 8.44. The van der Waals surface area contributed by atoms with Gasteiger partial charge in [-0.15, -0.1) is 0 Å². The Bertz CT molecular complexity index is 681. The number of amides is 2. The van der Waals surface area contributed by atoms with Crippen LogP contribution in [0, 0.1) is 0 Å². The maximum atomic E-state index is 13.2. The minimum absolute atomic E-state index is 0.0303. The van der Waals surface area contributed by atoms with Crippen molar-refractivity contribution in [3.8, 4) is 0 Å². The van der Waals surface area contributed by atoms with Gasteiger partial charge in [-0.1, -0.05) is 18.2 Å². The predicted octanol–water partition coefficient (Wildman–Crippen LogP) is 2.18. The lowest BCUT2D eigenvalue weighted by molar-refractivity contribution is -0.136. The molecule has 6 heteroatoms. The van der Waals surface area contributed by atoms with E-state index in [2.05, 4.69) is 4.90 Å². The fourth-order valence-electron chi connectivity index (χ4n) is 4.48. The molecule has 140 valence electrons. The van der Waals surface area contributed by atoms with Crippen LogP contribution < -0.4 is 4.90 Å². The van der Waals surface area contributed by atoms with Gasteiger partial charge in [-0.25, -0.2) is 0 Å². The van der Waals surface area contributed by atoms with Gasteiger partial charge < -0.3 is 9.80 Å². The van der Waals surface area contributed by atoms with Gasteiger partial charge in [-0.3, -0.25) is 14.5 Å². The number of benzene rings is 1. The number of likely N-dealkylation sites (tertiary alicyclic amines) is 1. The van der Waals surface area contributed by atoms with E-state index in [1.54, 1.807) is 11.9 Å². The molecule has 26 heavy (non-hydrogen) atoms. The molecule has 4 rings (SSSR count). The summed E-state index contributed by atoms with van der Waals surface area (Å²) in [5, 5.41) is 0. The first kappa shape index (κ1) is 17.9. The first-order valence-electron chi connectivity index (χ1n) is 9.61. The van der Waals surface area contributed by atoms with Crippen LogP contribution in [0.4, 0.5) is 5.69 Å². The van der Waals surface area contributed by atoms with Crippen LogP contribution in [0.1, 0.15) is 30.7 Å². The zero-order valence-electron chi connectivity index (χ0n) is 15.4. The van der Waals surface area contributed by atoms with Crippen LogP contribution in [0.5, 0.6) is 0 Å². The third kappa shape index (κ3) is 3.37. The molecular weight excluding hydrogens is 346 g/mol. The van der Waals surface area contributed by atoms with E-state index in [1.165, 1.54) is 24.6 Å². The Morgan fingerprint density at radius 2 is 1.77 bits per heavy atom. The summed E-state index contributed by atoms with van der Waals surface area (Å²) in [6.07, 6.45) is 2.40. The average Bonchev–Trinajstić information content (AvgIpc) is 2.71. The zero-order valence-corrected chi connectivity index (χ0v) is 16.2. The van der Waals surface area contributed by atoms with E-state index >= 15 is 0 Å². The number of thioether (sulfide) groups is 1. The Labute approximate surface area is 159 Å². The lowest BCUT2D eigenvalue weighted by Gasteiger charge is -2.41. The second-order valence-corrected chi connectivity index (χ2v) is 8.70. The van der Waals surface area contributed by atoms with E-state index in [0.717, 1.165) is 37.2 Å². The van der Waals surface area contributed by atoms with Gasteiger partial charge in [-0.05, 0) is 24.5 Å². The molecule has 0 bridgehead atoms. The molecule has 3 aliphatic heterocycles. The molecule has 2 saturated heterocycles. The van der Waals surface area contributed by atoms with Crippen LogP contribution >= 0.6 is 11.8 Å². The van der Waals surface area contributed by atoms with Crippen molar-refractivity contribution in [2.45, 2.75) is 31.2 Å². The topological polar surface area (TPSA) is 43.9 Å². The molecule has 3 heterocycles. The number of hydrogen-bond acceptors (Lipinski definition) is 4. The number of carbonyl (C=O) groups excluding carboxylic acids is 2. The van der Waals surface area contributed by atoms with E-state index in [0.29, 0.717) is 6.04 Å². The molecule has 0 aliphatic carbocycles. The summed E-state index contributed by atoms with van der Waals surface area (Å²) in [5.74, 6) is 2.30. The fourth-order valence-corrected chi connectivity index (χ4v) is 5.41. The Balaban J connectivity index is 1.44. The van der Waals surface area contributed by atoms with E-state index in [4.69, 9.17) is 0 Å². The van der Waals surface area contributed by atoms with Crippen molar-refractivity contribution in [3.05, 3.63) is 29.8 Å². The van der Waals surface area contributed by atoms with Crippen LogP contribution in [0.25, 0.3) is 0 Å². The maximum absolute atomic E-state index is 13.2. The van der Waals surface area contributed by atoms with Crippen LogP contribution in [-0.2, 0) is 9.59 Å². The quantitative estimate of drug-likeness (QED) is 0.797. The van der Waals surface area contributed by atoms with Crippen LogP contribution in [0.15, 0.2) is 24.3 Å². The number of para-hydroxylation sites is 1. The molecule has 1 unspecified atom stereocenters. The van der Waals surface area contributed by atoms with Gasteiger partial charge in [0.2, 0.25) is 11.8 Å². The Morgan fingerprint density at radius 1 is 1.08 bits per heavy atom. The number of carbonyl (C=O) groups is 2. The Hall–Kier alpha value is -1.53. The highest BCUT2D eigenvalue weighted by Gasteiger charge is 2.37. The highest BCUT2D eigenvalue weighted by atomic mass is 32.2. The highest BCUT2D eigenvalue weighted by Crippen LogP contribution is 2.36. The molecule has 0 aromatic heterocycles. The van der Waals surface area contributed by atoms with Crippen LogP contribution in [0.3, 0.4) is 0 Å². The van der Waals surface area contributed by atoms with Crippen molar-refractivity contribution < 1.29 is 9.59 Å². The largest absolute Gasteiger partial charge is 0.342 e. The normalized spacial score (nSPS) is 25.3. The summed E-state index contributed by atoms with van der Waals surface area (Å²) in [4.78, 5) is 31.8. The molecule has 2 amide bonds. The molecule has 1 aromatic rings.